The van der Waals surface area contributed by atoms with E-state index < -0.39 is 5.41 Å². The molecule has 158 valence electrons. The molecule has 0 unspecified atom stereocenters. The van der Waals surface area contributed by atoms with Gasteiger partial charge in [0, 0.05) is 45.3 Å². The van der Waals surface area contributed by atoms with E-state index in [-0.39, 0.29) is 11.7 Å². The van der Waals surface area contributed by atoms with Crippen molar-refractivity contribution < 1.29 is 9.18 Å². The highest BCUT2D eigenvalue weighted by Crippen LogP contribution is 2.49. The van der Waals surface area contributed by atoms with Crippen LogP contribution in [0.2, 0.25) is 0 Å². The van der Waals surface area contributed by atoms with Gasteiger partial charge in [-0.1, -0.05) is 12.1 Å². The quantitative estimate of drug-likeness (QED) is 0.777. The summed E-state index contributed by atoms with van der Waals surface area (Å²) in [7, 11) is 0. The topological polar surface area (TPSA) is 52.6 Å². The summed E-state index contributed by atoms with van der Waals surface area (Å²) in [5.74, 6) is 2.69. The zero-order valence-electron chi connectivity index (χ0n) is 17.5. The van der Waals surface area contributed by atoms with Crippen LogP contribution in [-0.2, 0) is 10.2 Å². The van der Waals surface area contributed by atoms with E-state index in [9.17, 15) is 9.18 Å². The Hall–Kier alpha value is -2.70. The Balaban J connectivity index is 1.26. The second kappa shape index (κ2) is 7.52. The predicted octanol–water partition coefficient (Wildman–Crippen LogP) is 2.90. The molecule has 1 saturated carbocycles. The predicted molar refractivity (Wildman–Crippen MR) is 114 cm³/mol. The minimum Gasteiger partial charge on any atom is -0.356 e. The third kappa shape index (κ3) is 3.50. The summed E-state index contributed by atoms with van der Waals surface area (Å²) in [4.78, 5) is 29.1. The molecule has 7 heteroatoms. The molecule has 2 aromatic rings. The van der Waals surface area contributed by atoms with Crippen LogP contribution in [0.5, 0.6) is 0 Å². The molecular weight excluding hydrogens is 381 g/mol. The highest BCUT2D eigenvalue weighted by atomic mass is 19.1. The lowest BCUT2D eigenvalue weighted by Gasteiger charge is -2.37. The van der Waals surface area contributed by atoms with Crippen LogP contribution in [0, 0.1) is 12.7 Å². The summed E-state index contributed by atoms with van der Waals surface area (Å²) in [5.41, 5.74) is 0.502. The summed E-state index contributed by atoms with van der Waals surface area (Å²) < 4.78 is 13.3. The summed E-state index contributed by atoms with van der Waals surface area (Å²) in [5, 5.41) is 0. The summed E-state index contributed by atoms with van der Waals surface area (Å²) >= 11 is 0. The first kappa shape index (κ1) is 19.3. The molecule has 3 fully saturated rings. The van der Waals surface area contributed by atoms with E-state index >= 15 is 0 Å². The Morgan fingerprint density at radius 3 is 2.03 bits per heavy atom. The van der Waals surface area contributed by atoms with Gasteiger partial charge in [0.05, 0.1) is 5.41 Å². The molecule has 1 aromatic carbocycles. The molecule has 6 nitrogen and oxygen atoms in total. The molecule has 5 rings (SSSR count). The fraction of sp³-hybridized carbons (Fsp3) is 0.522. The van der Waals surface area contributed by atoms with E-state index in [0.717, 1.165) is 62.0 Å². The summed E-state index contributed by atoms with van der Waals surface area (Å²) in [6.45, 7) is 6.96. The Morgan fingerprint density at radius 1 is 0.900 bits per heavy atom. The van der Waals surface area contributed by atoms with Gasteiger partial charge in [-0.15, -0.1) is 0 Å². The minimum atomic E-state index is -0.440. The van der Waals surface area contributed by atoms with Gasteiger partial charge >= 0.3 is 0 Å². The van der Waals surface area contributed by atoms with Crippen LogP contribution in [0.4, 0.5) is 16.0 Å². The Kier molecular flexibility index (Phi) is 4.83. The van der Waals surface area contributed by atoms with Gasteiger partial charge in [0.15, 0.2) is 0 Å². The largest absolute Gasteiger partial charge is 0.356 e. The second-order valence-corrected chi connectivity index (χ2v) is 8.69. The minimum absolute atomic E-state index is 0.186. The number of aromatic nitrogens is 2. The molecule has 1 aliphatic carbocycles. The number of carbonyl (C=O) groups is 1. The number of piperazine rings is 1. The molecule has 3 heterocycles. The number of amides is 1. The number of anilines is 2. The van der Waals surface area contributed by atoms with E-state index in [2.05, 4.69) is 25.8 Å². The van der Waals surface area contributed by atoms with Crippen molar-refractivity contribution in [1.82, 2.24) is 14.9 Å². The Morgan fingerprint density at radius 2 is 1.47 bits per heavy atom. The zero-order chi connectivity index (χ0) is 20.7. The van der Waals surface area contributed by atoms with Crippen molar-refractivity contribution >= 4 is 17.5 Å². The lowest BCUT2D eigenvalue weighted by atomic mass is 9.94. The van der Waals surface area contributed by atoms with Crippen molar-refractivity contribution in [1.29, 1.82) is 0 Å². The van der Waals surface area contributed by atoms with E-state index in [4.69, 9.17) is 0 Å². The average Bonchev–Trinajstić information content (AvgIpc) is 3.38. The van der Waals surface area contributed by atoms with Crippen molar-refractivity contribution in [3.8, 4) is 0 Å². The number of rotatable bonds is 4. The van der Waals surface area contributed by atoms with Crippen molar-refractivity contribution in [2.45, 2.75) is 38.0 Å². The van der Waals surface area contributed by atoms with Crippen molar-refractivity contribution in [2.24, 2.45) is 0 Å². The van der Waals surface area contributed by atoms with Gasteiger partial charge in [-0.25, -0.2) is 14.4 Å². The number of aryl methyl sites for hydroxylation is 1. The van der Waals surface area contributed by atoms with E-state index in [1.54, 1.807) is 12.1 Å². The van der Waals surface area contributed by atoms with Crippen LogP contribution in [0.25, 0.3) is 0 Å². The highest BCUT2D eigenvalue weighted by Gasteiger charge is 2.53. The van der Waals surface area contributed by atoms with Gasteiger partial charge in [-0.05, 0) is 50.3 Å². The van der Waals surface area contributed by atoms with Crippen molar-refractivity contribution in [2.75, 3.05) is 49.1 Å². The number of hydrogen-bond acceptors (Lipinski definition) is 5. The Labute approximate surface area is 176 Å². The maximum atomic E-state index is 13.3. The molecule has 0 radical (unpaired) electrons. The first-order chi connectivity index (χ1) is 14.5. The SMILES string of the molecule is Cc1nc(N2CCCC2)cc(N2CCN(C(=O)C3(c4ccc(F)cc4)CC3)CC2)n1. The van der Waals surface area contributed by atoms with Gasteiger partial charge < -0.3 is 14.7 Å². The molecule has 0 spiro atoms. The second-order valence-electron chi connectivity index (χ2n) is 8.69. The van der Waals surface area contributed by atoms with E-state index in [0.29, 0.717) is 13.1 Å². The zero-order valence-corrected chi connectivity index (χ0v) is 17.5. The smallest absolute Gasteiger partial charge is 0.233 e. The lowest BCUT2D eigenvalue weighted by molar-refractivity contribution is -0.134. The number of hydrogen-bond donors (Lipinski definition) is 0. The molecular formula is C23H28FN5O. The van der Waals surface area contributed by atoms with Crippen molar-refractivity contribution in [3.63, 3.8) is 0 Å². The van der Waals surface area contributed by atoms with Gasteiger partial charge in [0.1, 0.15) is 23.3 Å². The lowest BCUT2D eigenvalue weighted by Crippen LogP contribution is -2.51. The number of benzene rings is 1. The molecule has 0 bridgehead atoms. The van der Waals surface area contributed by atoms with E-state index in [1.165, 1.54) is 25.0 Å². The van der Waals surface area contributed by atoms with Crippen LogP contribution >= 0.6 is 0 Å². The summed E-state index contributed by atoms with van der Waals surface area (Å²) in [6.07, 6.45) is 4.13. The summed E-state index contributed by atoms with van der Waals surface area (Å²) in [6, 6.07) is 8.53. The van der Waals surface area contributed by atoms with Gasteiger partial charge in [-0.2, -0.15) is 0 Å². The molecule has 3 aliphatic rings. The van der Waals surface area contributed by atoms with Gasteiger partial charge in [-0.3, -0.25) is 4.79 Å². The molecule has 2 aliphatic heterocycles. The fourth-order valence-corrected chi connectivity index (χ4v) is 4.77. The average molecular weight is 410 g/mol. The normalized spacial score (nSPS) is 20.5. The van der Waals surface area contributed by atoms with Crippen LogP contribution < -0.4 is 9.80 Å². The number of nitrogens with zero attached hydrogens (tertiary/aromatic N) is 5. The van der Waals surface area contributed by atoms with Gasteiger partial charge in [0.2, 0.25) is 5.91 Å². The van der Waals surface area contributed by atoms with Crippen LogP contribution in [0.15, 0.2) is 30.3 Å². The van der Waals surface area contributed by atoms with Crippen LogP contribution in [0.1, 0.15) is 37.1 Å². The molecule has 0 N–H and O–H groups in total. The van der Waals surface area contributed by atoms with E-state index in [1.807, 2.05) is 11.8 Å². The van der Waals surface area contributed by atoms with Gasteiger partial charge in [0.25, 0.3) is 0 Å². The fourth-order valence-electron chi connectivity index (χ4n) is 4.77. The Bertz CT molecular complexity index is 929. The monoisotopic (exact) mass is 409 g/mol. The maximum Gasteiger partial charge on any atom is 0.233 e. The number of carbonyl (C=O) groups excluding carboxylic acids is 1. The maximum absolute atomic E-state index is 13.3. The number of halogens is 1. The standard InChI is InChI=1S/C23H28FN5O/c1-17-25-20(27-10-2-3-11-27)16-21(26-17)28-12-14-29(15-13-28)22(30)23(8-9-23)18-4-6-19(24)7-5-18/h4-7,16H,2-3,8-15H2,1H3. The third-order valence-electron chi connectivity index (χ3n) is 6.69. The van der Waals surface area contributed by atoms with Crippen molar-refractivity contribution in [3.05, 3.63) is 47.5 Å². The third-order valence-corrected chi connectivity index (χ3v) is 6.69. The molecule has 2 saturated heterocycles. The van der Waals surface area contributed by atoms with Crippen LogP contribution in [-0.4, -0.2) is 60.0 Å². The van der Waals surface area contributed by atoms with Crippen LogP contribution in [0.3, 0.4) is 0 Å². The first-order valence-corrected chi connectivity index (χ1v) is 11.0. The molecule has 30 heavy (non-hydrogen) atoms. The highest BCUT2D eigenvalue weighted by molar-refractivity contribution is 5.91. The molecule has 1 aromatic heterocycles. The molecule has 1 amide bonds. The first-order valence-electron chi connectivity index (χ1n) is 11.0. The molecule has 0 atom stereocenters.